The van der Waals surface area contributed by atoms with Crippen molar-refractivity contribution in [1.29, 1.82) is 0 Å². The number of fused-ring (bicyclic) bond motifs is 1. The molecular weight excluding hydrogens is 429 g/mol. The molecule has 0 fully saturated rings. The van der Waals surface area contributed by atoms with Crippen LogP contribution in [0.5, 0.6) is 5.75 Å². The lowest BCUT2D eigenvalue weighted by molar-refractivity contribution is -0.137. The maximum Gasteiger partial charge on any atom is 0.416 e. The molecule has 2 heterocycles. The summed E-state index contributed by atoms with van der Waals surface area (Å²) in [4.78, 5) is 4.59. The number of nitrogens with zero attached hydrogens (tertiary/aromatic N) is 3. The van der Waals surface area contributed by atoms with Crippen LogP contribution in [0.4, 0.5) is 24.7 Å². The number of rotatable bonds is 5. The number of halogens is 3. The van der Waals surface area contributed by atoms with Gasteiger partial charge in [-0.05, 0) is 54.3 Å². The molecule has 4 rings (SSSR count). The van der Waals surface area contributed by atoms with Gasteiger partial charge in [-0.25, -0.2) is 9.50 Å². The molecule has 0 saturated heterocycles. The first-order chi connectivity index (χ1) is 15.8. The van der Waals surface area contributed by atoms with Gasteiger partial charge in [0.1, 0.15) is 11.6 Å². The minimum absolute atomic E-state index is 0.402. The third-order valence-corrected chi connectivity index (χ3v) is 5.15. The first-order valence-corrected chi connectivity index (χ1v) is 10.8. The lowest BCUT2D eigenvalue weighted by Crippen LogP contribution is -2.04. The van der Waals surface area contributed by atoms with Crippen LogP contribution >= 0.6 is 0 Å². The largest absolute Gasteiger partial charge is 0.496 e. The molecule has 0 radical (unpaired) electrons. The van der Waals surface area contributed by atoms with Crippen LogP contribution in [-0.4, -0.2) is 21.7 Å². The molecule has 4 aromatic rings. The minimum Gasteiger partial charge on any atom is -0.496 e. The first kappa shape index (κ1) is 24.1. The quantitative estimate of drug-likeness (QED) is 0.349. The van der Waals surface area contributed by atoms with Crippen molar-refractivity contribution in [3.05, 3.63) is 71.5 Å². The highest BCUT2D eigenvalue weighted by molar-refractivity contribution is 5.78. The van der Waals surface area contributed by atoms with Gasteiger partial charge in [0.15, 0.2) is 5.65 Å². The van der Waals surface area contributed by atoms with Gasteiger partial charge < -0.3 is 10.1 Å². The number of methoxy groups -OCH3 is 1. The number of hydrogen-bond acceptors (Lipinski definition) is 4. The van der Waals surface area contributed by atoms with Crippen molar-refractivity contribution < 1.29 is 17.9 Å². The summed E-state index contributed by atoms with van der Waals surface area (Å²) >= 11 is 0. The molecule has 0 atom stereocenters. The van der Waals surface area contributed by atoms with Gasteiger partial charge in [0.05, 0.1) is 18.9 Å². The number of alkyl halides is 3. The van der Waals surface area contributed by atoms with Crippen molar-refractivity contribution in [1.82, 2.24) is 14.6 Å². The number of nitrogens with one attached hydrogen (secondary N) is 1. The maximum atomic E-state index is 13.1. The van der Waals surface area contributed by atoms with Crippen molar-refractivity contribution in [2.75, 3.05) is 12.4 Å². The summed E-state index contributed by atoms with van der Waals surface area (Å²) in [5.41, 5.74) is 3.71. The average Bonchev–Trinajstić information content (AvgIpc) is 3.23. The SMILES string of the molecule is CC.CCc1c(C)cc(Nc2ccn3ncc(-c4cccc(C(F)(F)F)c4)c3n2)cc1OC. The zero-order valence-corrected chi connectivity index (χ0v) is 19.3. The van der Waals surface area contributed by atoms with E-state index in [0.29, 0.717) is 22.6 Å². The number of anilines is 2. The van der Waals surface area contributed by atoms with Gasteiger partial charge in [0.25, 0.3) is 0 Å². The zero-order chi connectivity index (χ0) is 24.2. The number of benzene rings is 2. The molecule has 33 heavy (non-hydrogen) atoms. The molecule has 8 heteroatoms. The molecule has 2 aromatic heterocycles. The Morgan fingerprint density at radius 3 is 2.52 bits per heavy atom. The van der Waals surface area contributed by atoms with Gasteiger partial charge >= 0.3 is 6.18 Å². The van der Waals surface area contributed by atoms with Crippen molar-refractivity contribution in [2.45, 2.75) is 40.3 Å². The van der Waals surface area contributed by atoms with E-state index in [1.54, 1.807) is 25.4 Å². The normalized spacial score (nSPS) is 11.2. The van der Waals surface area contributed by atoms with E-state index in [0.717, 1.165) is 41.1 Å². The monoisotopic (exact) mass is 456 g/mol. The Morgan fingerprint density at radius 1 is 1.09 bits per heavy atom. The van der Waals surface area contributed by atoms with Gasteiger partial charge in [-0.3, -0.25) is 0 Å². The Bertz CT molecular complexity index is 1250. The van der Waals surface area contributed by atoms with Crippen LogP contribution in [0.25, 0.3) is 16.8 Å². The lowest BCUT2D eigenvalue weighted by atomic mass is 10.0. The topological polar surface area (TPSA) is 51.5 Å². The standard InChI is InChI=1S/C23H21F3N4O.C2H6/c1-4-18-14(2)10-17(12-20(18)31-3)28-21-8-9-30-22(29-21)19(13-27-30)15-6-5-7-16(11-15)23(24,25)26;1-2/h5-13H,4H2,1-3H3,(H,28,29);1-2H3. The maximum absolute atomic E-state index is 13.1. The van der Waals surface area contributed by atoms with Crippen LogP contribution in [0.1, 0.15) is 37.5 Å². The molecule has 0 aliphatic rings. The number of hydrogen-bond donors (Lipinski definition) is 1. The van der Waals surface area contributed by atoms with Crippen molar-refractivity contribution in [3.63, 3.8) is 0 Å². The van der Waals surface area contributed by atoms with Crippen LogP contribution < -0.4 is 10.1 Å². The fourth-order valence-corrected chi connectivity index (χ4v) is 3.65. The number of ether oxygens (including phenoxy) is 1. The van der Waals surface area contributed by atoms with Crippen molar-refractivity contribution >= 4 is 17.2 Å². The molecule has 0 aliphatic heterocycles. The van der Waals surface area contributed by atoms with Gasteiger partial charge in [-0.2, -0.15) is 18.3 Å². The van der Waals surface area contributed by atoms with Gasteiger partial charge in [-0.1, -0.05) is 32.9 Å². The zero-order valence-electron chi connectivity index (χ0n) is 19.3. The van der Waals surface area contributed by atoms with E-state index in [-0.39, 0.29) is 0 Å². The molecule has 174 valence electrons. The van der Waals surface area contributed by atoms with Crippen LogP contribution in [0.15, 0.2) is 54.9 Å². The summed E-state index contributed by atoms with van der Waals surface area (Å²) in [5, 5.41) is 7.48. The van der Waals surface area contributed by atoms with E-state index in [4.69, 9.17) is 4.74 Å². The predicted octanol–water partition coefficient (Wildman–Crippen LogP) is 7.06. The third-order valence-electron chi connectivity index (χ3n) is 5.15. The van der Waals surface area contributed by atoms with E-state index in [1.165, 1.54) is 16.8 Å². The molecule has 0 spiro atoms. The van der Waals surface area contributed by atoms with Crippen LogP contribution in [-0.2, 0) is 12.6 Å². The number of aromatic nitrogens is 3. The fraction of sp³-hybridized carbons (Fsp3) is 0.280. The highest BCUT2D eigenvalue weighted by Crippen LogP contribution is 2.34. The summed E-state index contributed by atoms with van der Waals surface area (Å²) in [6.07, 6.45) is -0.326. The van der Waals surface area contributed by atoms with Crippen molar-refractivity contribution in [3.8, 4) is 16.9 Å². The van der Waals surface area contributed by atoms with Gasteiger partial charge in [0, 0.05) is 23.5 Å². The van der Waals surface area contributed by atoms with E-state index >= 15 is 0 Å². The van der Waals surface area contributed by atoms with Gasteiger partial charge in [0.2, 0.25) is 0 Å². The molecule has 0 saturated carbocycles. The smallest absolute Gasteiger partial charge is 0.416 e. The van der Waals surface area contributed by atoms with E-state index in [1.807, 2.05) is 32.9 Å². The fourth-order valence-electron chi connectivity index (χ4n) is 3.65. The van der Waals surface area contributed by atoms with E-state index in [9.17, 15) is 13.2 Å². The molecular formula is C25H27F3N4O. The average molecular weight is 457 g/mol. The highest BCUT2D eigenvalue weighted by Gasteiger charge is 2.30. The second-order valence-corrected chi connectivity index (χ2v) is 7.17. The molecule has 0 unspecified atom stereocenters. The molecule has 0 aliphatic carbocycles. The summed E-state index contributed by atoms with van der Waals surface area (Å²) < 4.78 is 46.4. The minimum atomic E-state index is -4.42. The Hall–Kier alpha value is -3.55. The van der Waals surface area contributed by atoms with Crippen LogP contribution in [0.3, 0.4) is 0 Å². The molecule has 0 amide bonds. The van der Waals surface area contributed by atoms with Gasteiger partial charge in [-0.15, -0.1) is 0 Å². The Morgan fingerprint density at radius 2 is 1.85 bits per heavy atom. The molecule has 5 nitrogen and oxygen atoms in total. The molecule has 1 N–H and O–H groups in total. The van der Waals surface area contributed by atoms with E-state index < -0.39 is 11.7 Å². The Labute approximate surface area is 191 Å². The summed E-state index contributed by atoms with van der Waals surface area (Å²) in [5.74, 6) is 1.34. The Balaban J connectivity index is 0.00000149. The first-order valence-electron chi connectivity index (χ1n) is 10.8. The summed E-state index contributed by atoms with van der Waals surface area (Å²) in [7, 11) is 1.63. The highest BCUT2D eigenvalue weighted by atomic mass is 19.4. The Kier molecular flexibility index (Phi) is 7.26. The lowest BCUT2D eigenvalue weighted by Gasteiger charge is -2.14. The van der Waals surface area contributed by atoms with Crippen molar-refractivity contribution in [2.24, 2.45) is 0 Å². The van der Waals surface area contributed by atoms with Crippen LogP contribution in [0.2, 0.25) is 0 Å². The molecule has 2 aromatic carbocycles. The summed E-state index contributed by atoms with van der Waals surface area (Å²) in [6.45, 7) is 8.09. The second-order valence-electron chi connectivity index (χ2n) is 7.17. The molecule has 0 bridgehead atoms. The predicted molar refractivity (Wildman–Crippen MR) is 125 cm³/mol. The van der Waals surface area contributed by atoms with Crippen LogP contribution in [0, 0.1) is 6.92 Å². The second kappa shape index (κ2) is 9.94. The number of aryl methyl sites for hydroxylation is 1. The summed E-state index contributed by atoms with van der Waals surface area (Å²) in [6, 6.07) is 10.8. The van der Waals surface area contributed by atoms with E-state index in [2.05, 4.69) is 22.3 Å². The third kappa shape index (κ3) is 5.10.